The Hall–Kier alpha value is -3.14. The van der Waals surface area contributed by atoms with Crippen LogP contribution in [0.2, 0.25) is 5.15 Å². The van der Waals surface area contributed by atoms with Crippen molar-refractivity contribution in [2.75, 3.05) is 5.32 Å². The summed E-state index contributed by atoms with van der Waals surface area (Å²) in [6.07, 6.45) is -4.79. The van der Waals surface area contributed by atoms with E-state index in [9.17, 15) is 27.9 Å². The van der Waals surface area contributed by atoms with E-state index in [-0.39, 0.29) is 46.1 Å². The van der Waals surface area contributed by atoms with E-state index in [2.05, 4.69) is 15.3 Å². The van der Waals surface area contributed by atoms with Gasteiger partial charge in [0.05, 0.1) is 22.6 Å². The number of fused-ring (bicyclic) bond motifs is 1. The van der Waals surface area contributed by atoms with Crippen molar-refractivity contribution in [3.8, 4) is 0 Å². The van der Waals surface area contributed by atoms with E-state index < -0.39 is 29.2 Å². The summed E-state index contributed by atoms with van der Waals surface area (Å²) in [5.74, 6) is -1.61. The van der Waals surface area contributed by atoms with Gasteiger partial charge in [0.25, 0.3) is 5.56 Å². The number of aromatic carboxylic acids is 1. The van der Waals surface area contributed by atoms with Crippen LogP contribution >= 0.6 is 11.6 Å². The van der Waals surface area contributed by atoms with Gasteiger partial charge >= 0.3 is 12.1 Å². The lowest BCUT2D eigenvalue weighted by molar-refractivity contribution is -0.163. The Morgan fingerprint density at radius 1 is 1.27 bits per heavy atom. The highest BCUT2D eigenvalue weighted by atomic mass is 35.5. The zero-order chi connectivity index (χ0) is 24.3. The first-order chi connectivity index (χ1) is 15.4. The number of carbonyl (C=O) groups is 1. The molecule has 2 aromatic heterocycles. The SMILES string of the molecule is Cc1cc([C@@H](C)Nc2ccc(Cl)nc2C(=O)O)c2nc(C3(C(F)(F)F)CC3)n(C)c(=O)c2c1. The van der Waals surface area contributed by atoms with Gasteiger partial charge in [0.1, 0.15) is 16.4 Å². The normalized spacial score (nSPS) is 16.0. The van der Waals surface area contributed by atoms with Gasteiger partial charge < -0.3 is 10.4 Å². The van der Waals surface area contributed by atoms with Gasteiger partial charge in [-0.1, -0.05) is 17.7 Å². The molecule has 0 amide bonds. The lowest BCUT2D eigenvalue weighted by Crippen LogP contribution is -2.36. The Morgan fingerprint density at radius 2 is 1.94 bits per heavy atom. The molecule has 1 aliphatic carbocycles. The average molecular weight is 481 g/mol. The molecule has 11 heteroatoms. The largest absolute Gasteiger partial charge is 0.476 e. The number of benzene rings is 1. The van der Waals surface area contributed by atoms with Crippen molar-refractivity contribution < 1.29 is 23.1 Å². The summed E-state index contributed by atoms with van der Waals surface area (Å²) in [7, 11) is 1.30. The van der Waals surface area contributed by atoms with E-state index in [1.54, 1.807) is 26.0 Å². The van der Waals surface area contributed by atoms with E-state index >= 15 is 0 Å². The van der Waals surface area contributed by atoms with Gasteiger partial charge in [-0.15, -0.1) is 0 Å². The summed E-state index contributed by atoms with van der Waals surface area (Å²) >= 11 is 5.81. The smallest absolute Gasteiger partial charge is 0.401 e. The van der Waals surface area contributed by atoms with Crippen molar-refractivity contribution in [2.24, 2.45) is 7.05 Å². The van der Waals surface area contributed by atoms with Gasteiger partial charge in [-0.3, -0.25) is 9.36 Å². The van der Waals surface area contributed by atoms with Crippen LogP contribution in [0.5, 0.6) is 0 Å². The minimum atomic E-state index is -4.53. The number of carboxylic acid groups (broad SMARTS) is 1. The first kappa shape index (κ1) is 23.0. The third-order valence-corrected chi connectivity index (χ3v) is 6.19. The van der Waals surface area contributed by atoms with Crippen molar-refractivity contribution in [2.45, 2.75) is 44.3 Å². The molecule has 1 aromatic carbocycles. The molecule has 33 heavy (non-hydrogen) atoms. The van der Waals surface area contributed by atoms with Crippen LogP contribution in [0.25, 0.3) is 10.9 Å². The van der Waals surface area contributed by atoms with Crippen molar-refractivity contribution in [1.82, 2.24) is 14.5 Å². The molecule has 0 spiro atoms. The van der Waals surface area contributed by atoms with Gasteiger partial charge in [-0.25, -0.2) is 14.8 Å². The number of halogens is 4. The second-order valence-electron chi connectivity index (χ2n) is 8.33. The van der Waals surface area contributed by atoms with Gasteiger partial charge in [0.15, 0.2) is 5.69 Å². The van der Waals surface area contributed by atoms with Crippen molar-refractivity contribution >= 4 is 34.2 Å². The molecular formula is C22H20ClF3N4O3. The number of aryl methyl sites for hydroxylation is 1. The number of hydrogen-bond acceptors (Lipinski definition) is 5. The van der Waals surface area contributed by atoms with Crippen molar-refractivity contribution in [3.63, 3.8) is 0 Å². The second kappa shape index (κ2) is 7.72. The molecule has 0 bridgehead atoms. The highest BCUT2D eigenvalue weighted by molar-refractivity contribution is 6.29. The maximum absolute atomic E-state index is 13.8. The summed E-state index contributed by atoms with van der Waals surface area (Å²) in [6, 6.07) is 5.57. The number of nitrogens with one attached hydrogen (secondary N) is 1. The number of carboxylic acids is 1. The number of hydrogen-bond donors (Lipinski definition) is 2. The molecule has 1 saturated carbocycles. The highest BCUT2D eigenvalue weighted by Crippen LogP contribution is 2.58. The molecule has 4 rings (SSSR count). The maximum atomic E-state index is 13.8. The molecule has 174 valence electrons. The van der Waals surface area contributed by atoms with Crippen molar-refractivity contribution in [1.29, 1.82) is 0 Å². The maximum Gasteiger partial charge on any atom is 0.401 e. The monoisotopic (exact) mass is 480 g/mol. The zero-order valence-corrected chi connectivity index (χ0v) is 18.7. The predicted octanol–water partition coefficient (Wildman–Crippen LogP) is 4.76. The van der Waals surface area contributed by atoms with Crippen LogP contribution in [0.3, 0.4) is 0 Å². The number of alkyl halides is 3. The minimum absolute atomic E-state index is 0.00305. The molecule has 2 heterocycles. The molecule has 0 radical (unpaired) electrons. The van der Waals surface area contributed by atoms with E-state index in [4.69, 9.17) is 11.6 Å². The first-order valence-electron chi connectivity index (χ1n) is 10.1. The molecule has 0 saturated heterocycles. The Bertz CT molecular complexity index is 1350. The lowest BCUT2D eigenvalue weighted by Gasteiger charge is -2.23. The second-order valence-corrected chi connectivity index (χ2v) is 8.72. The third kappa shape index (κ3) is 3.82. The van der Waals surface area contributed by atoms with Gasteiger partial charge in [-0.2, -0.15) is 13.2 Å². The summed E-state index contributed by atoms with van der Waals surface area (Å²) in [5, 5.41) is 12.7. The Balaban J connectivity index is 1.88. The number of aromatic nitrogens is 3. The number of nitrogens with zero attached hydrogens (tertiary/aromatic N) is 3. The van der Waals surface area contributed by atoms with Crippen LogP contribution in [0, 0.1) is 6.92 Å². The van der Waals surface area contributed by atoms with E-state index in [0.29, 0.717) is 11.1 Å². The molecule has 1 aliphatic rings. The Labute approximate surface area is 191 Å². The number of rotatable bonds is 5. The Morgan fingerprint density at radius 3 is 2.52 bits per heavy atom. The van der Waals surface area contributed by atoms with Crippen LogP contribution in [0.1, 0.15) is 53.2 Å². The molecule has 0 unspecified atom stereocenters. The highest BCUT2D eigenvalue weighted by Gasteiger charge is 2.66. The Kier molecular flexibility index (Phi) is 5.39. The standard InChI is InChI=1S/C22H20ClF3N4O3/c1-10-8-12(11(2)27-14-4-5-15(23)28-17(14)19(32)33)16-13(9-10)18(31)30(3)20(29-16)21(6-7-21)22(24,25)26/h4-5,8-9,11,27H,6-7H2,1-3H3,(H,32,33)/t11-/m1/s1. The summed E-state index contributed by atoms with van der Waals surface area (Å²) in [6.45, 7) is 3.46. The fourth-order valence-corrected chi connectivity index (χ4v) is 4.24. The van der Waals surface area contributed by atoms with E-state index in [0.717, 1.165) is 4.57 Å². The van der Waals surface area contributed by atoms with Crippen molar-refractivity contribution in [3.05, 3.63) is 62.4 Å². The van der Waals surface area contributed by atoms with Crippen LogP contribution in [-0.2, 0) is 12.5 Å². The summed E-state index contributed by atoms with van der Waals surface area (Å²) in [5.41, 5.74) is -1.51. The summed E-state index contributed by atoms with van der Waals surface area (Å²) in [4.78, 5) is 32.8. The van der Waals surface area contributed by atoms with Crippen LogP contribution in [0.15, 0.2) is 29.1 Å². The zero-order valence-electron chi connectivity index (χ0n) is 17.9. The molecule has 2 N–H and O–H groups in total. The average Bonchev–Trinajstić information content (AvgIpc) is 3.53. The van der Waals surface area contributed by atoms with Gasteiger partial charge in [0.2, 0.25) is 0 Å². The van der Waals surface area contributed by atoms with Gasteiger partial charge in [-0.05, 0) is 50.5 Å². The topological polar surface area (TPSA) is 97.1 Å². The molecule has 3 aromatic rings. The summed E-state index contributed by atoms with van der Waals surface area (Å²) < 4.78 is 42.4. The van der Waals surface area contributed by atoms with Crippen LogP contribution < -0.4 is 10.9 Å². The number of pyridine rings is 1. The first-order valence-corrected chi connectivity index (χ1v) is 10.5. The van der Waals surface area contributed by atoms with E-state index in [1.807, 2.05) is 0 Å². The van der Waals surface area contributed by atoms with Gasteiger partial charge in [0, 0.05) is 12.6 Å². The molecule has 1 atom stereocenters. The van der Waals surface area contributed by atoms with Crippen LogP contribution in [-0.4, -0.2) is 31.8 Å². The molecule has 7 nitrogen and oxygen atoms in total. The lowest BCUT2D eigenvalue weighted by atomic mass is 9.99. The predicted molar refractivity (Wildman–Crippen MR) is 117 cm³/mol. The number of anilines is 1. The quantitative estimate of drug-likeness (QED) is 0.511. The third-order valence-electron chi connectivity index (χ3n) is 5.98. The molecular weight excluding hydrogens is 461 g/mol. The molecule has 0 aliphatic heterocycles. The molecule has 1 fully saturated rings. The fourth-order valence-electron chi connectivity index (χ4n) is 4.10. The van der Waals surface area contributed by atoms with E-state index in [1.165, 1.54) is 19.2 Å². The van der Waals surface area contributed by atoms with Crippen LogP contribution in [0.4, 0.5) is 18.9 Å². The fraction of sp³-hybridized carbons (Fsp3) is 0.364. The minimum Gasteiger partial charge on any atom is -0.476 e.